The van der Waals surface area contributed by atoms with Gasteiger partial charge in [0, 0.05) is 30.1 Å². The predicted molar refractivity (Wildman–Crippen MR) is 79.7 cm³/mol. The van der Waals surface area contributed by atoms with Gasteiger partial charge in [0.1, 0.15) is 11.5 Å². The van der Waals surface area contributed by atoms with Crippen LogP contribution in [-0.2, 0) is 16.0 Å². The van der Waals surface area contributed by atoms with Crippen molar-refractivity contribution in [2.24, 2.45) is 0 Å². The number of morpholine rings is 1. The van der Waals surface area contributed by atoms with E-state index in [1.807, 2.05) is 5.38 Å². The molecular weight excluding hydrogens is 306 g/mol. The summed E-state index contributed by atoms with van der Waals surface area (Å²) in [6.07, 6.45) is 0. The highest BCUT2D eigenvalue weighted by Crippen LogP contribution is 2.28. The van der Waals surface area contributed by atoms with Crippen LogP contribution in [0.1, 0.15) is 23.2 Å². The first-order chi connectivity index (χ1) is 10.8. The lowest BCUT2D eigenvalue weighted by atomic mass is 10.2. The van der Waals surface area contributed by atoms with Crippen LogP contribution in [0, 0.1) is 0 Å². The number of hydrogen-bond donors (Lipinski definition) is 0. The Morgan fingerprint density at radius 2 is 2.27 bits per heavy atom. The lowest BCUT2D eigenvalue weighted by molar-refractivity contribution is 0.0305. The molecule has 0 N–H and O–H groups in total. The second-order valence-corrected chi connectivity index (χ2v) is 5.46. The van der Waals surface area contributed by atoms with Gasteiger partial charge in [-0.25, -0.2) is 4.79 Å². The van der Waals surface area contributed by atoms with Gasteiger partial charge in [-0.3, -0.25) is 4.90 Å². The van der Waals surface area contributed by atoms with Crippen LogP contribution in [0.25, 0.3) is 11.3 Å². The number of nitrogens with zero attached hydrogens (tertiary/aromatic N) is 3. The van der Waals surface area contributed by atoms with Crippen molar-refractivity contribution in [3.8, 4) is 11.3 Å². The van der Waals surface area contributed by atoms with Crippen molar-refractivity contribution in [1.82, 2.24) is 14.5 Å². The second-order valence-electron chi connectivity index (χ2n) is 4.85. The summed E-state index contributed by atoms with van der Waals surface area (Å²) in [6.45, 7) is 5.77. The van der Waals surface area contributed by atoms with E-state index >= 15 is 0 Å². The third-order valence-electron chi connectivity index (χ3n) is 3.39. The molecular formula is C14H17N3O4S. The molecule has 0 bridgehead atoms. The highest BCUT2D eigenvalue weighted by Gasteiger charge is 2.22. The van der Waals surface area contributed by atoms with Crippen LogP contribution in [0.3, 0.4) is 0 Å². The Morgan fingerprint density at radius 3 is 2.95 bits per heavy atom. The van der Waals surface area contributed by atoms with E-state index in [0.29, 0.717) is 37.8 Å². The summed E-state index contributed by atoms with van der Waals surface area (Å²) >= 11 is 1.26. The summed E-state index contributed by atoms with van der Waals surface area (Å²) in [6, 6.07) is 1.69. The first kappa shape index (κ1) is 15.1. The van der Waals surface area contributed by atoms with Crippen molar-refractivity contribution in [3.63, 3.8) is 0 Å². The van der Waals surface area contributed by atoms with E-state index in [1.165, 1.54) is 11.5 Å². The summed E-state index contributed by atoms with van der Waals surface area (Å²) in [7, 11) is 0. The molecule has 3 heterocycles. The zero-order valence-corrected chi connectivity index (χ0v) is 13.1. The Balaban J connectivity index is 1.86. The van der Waals surface area contributed by atoms with Gasteiger partial charge in [-0.15, -0.1) is 5.10 Å². The van der Waals surface area contributed by atoms with Gasteiger partial charge >= 0.3 is 5.97 Å². The van der Waals surface area contributed by atoms with Crippen molar-refractivity contribution in [1.29, 1.82) is 0 Å². The maximum absolute atomic E-state index is 11.9. The Morgan fingerprint density at radius 1 is 1.45 bits per heavy atom. The van der Waals surface area contributed by atoms with Crippen molar-refractivity contribution >= 4 is 17.5 Å². The molecule has 2 aromatic rings. The van der Waals surface area contributed by atoms with E-state index in [9.17, 15) is 4.79 Å². The maximum Gasteiger partial charge on any atom is 0.374 e. The van der Waals surface area contributed by atoms with Crippen LogP contribution in [0.4, 0.5) is 0 Å². The van der Waals surface area contributed by atoms with E-state index in [1.54, 1.807) is 13.0 Å². The lowest BCUT2D eigenvalue weighted by Crippen LogP contribution is -2.35. The topological polar surface area (TPSA) is 77.7 Å². The van der Waals surface area contributed by atoms with Gasteiger partial charge in [-0.2, -0.15) is 0 Å². The molecule has 0 unspecified atom stereocenters. The Bertz CT molecular complexity index is 620. The monoisotopic (exact) mass is 323 g/mol. The Hall–Kier alpha value is -1.77. The van der Waals surface area contributed by atoms with Crippen LogP contribution in [0.5, 0.6) is 0 Å². The molecule has 0 saturated carbocycles. The molecule has 0 spiro atoms. The standard InChI is InChI=1S/C14H17N3O4S/c1-2-20-14(18)12-7-10(11-9-22-16-15-11)13(21-12)8-17-3-5-19-6-4-17/h7,9H,2-6,8H2,1H3. The minimum Gasteiger partial charge on any atom is -0.460 e. The van der Waals surface area contributed by atoms with Crippen molar-refractivity contribution in [3.05, 3.63) is 23.0 Å². The van der Waals surface area contributed by atoms with Crippen molar-refractivity contribution < 1.29 is 18.7 Å². The molecule has 0 radical (unpaired) electrons. The van der Waals surface area contributed by atoms with Gasteiger partial charge in [0.25, 0.3) is 0 Å². The fourth-order valence-electron chi connectivity index (χ4n) is 2.31. The maximum atomic E-state index is 11.9. The zero-order valence-electron chi connectivity index (χ0n) is 12.3. The molecule has 0 aromatic carbocycles. The van der Waals surface area contributed by atoms with Crippen LogP contribution >= 0.6 is 11.5 Å². The third kappa shape index (κ3) is 3.34. The average molecular weight is 323 g/mol. The number of furan rings is 1. The number of hydrogen-bond acceptors (Lipinski definition) is 8. The normalized spacial score (nSPS) is 15.9. The number of carbonyl (C=O) groups excluding carboxylic acids is 1. The van der Waals surface area contributed by atoms with Gasteiger partial charge in [-0.05, 0) is 18.5 Å². The largest absolute Gasteiger partial charge is 0.460 e. The number of aromatic nitrogens is 2. The molecule has 0 amide bonds. The number of rotatable bonds is 5. The first-order valence-electron chi connectivity index (χ1n) is 7.15. The lowest BCUT2D eigenvalue weighted by Gasteiger charge is -2.25. The molecule has 8 heteroatoms. The van der Waals surface area contributed by atoms with Gasteiger partial charge in [0.05, 0.1) is 26.4 Å². The Labute approximate surface area is 132 Å². The molecule has 2 aromatic heterocycles. The van der Waals surface area contributed by atoms with Crippen LogP contribution in [0.2, 0.25) is 0 Å². The van der Waals surface area contributed by atoms with E-state index in [2.05, 4.69) is 14.5 Å². The molecule has 118 valence electrons. The number of esters is 1. The molecule has 3 rings (SSSR count). The van der Waals surface area contributed by atoms with E-state index in [4.69, 9.17) is 13.9 Å². The highest BCUT2D eigenvalue weighted by molar-refractivity contribution is 7.03. The highest BCUT2D eigenvalue weighted by atomic mass is 32.1. The van der Waals surface area contributed by atoms with Crippen molar-refractivity contribution in [2.45, 2.75) is 13.5 Å². The fourth-order valence-corrected chi connectivity index (χ4v) is 2.77. The smallest absolute Gasteiger partial charge is 0.374 e. The summed E-state index contributed by atoms with van der Waals surface area (Å²) in [5.41, 5.74) is 1.51. The summed E-state index contributed by atoms with van der Waals surface area (Å²) in [5.74, 6) is 0.450. The molecule has 22 heavy (non-hydrogen) atoms. The molecule has 0 aliphatic carbocycles. The number of ether oxygens (including phenoxy) is 2. The SMILES string of the molecule is CCOC(=O)c1cc(-c2csnn2)c(CN2CCOCC2)o1. The van der Waals surface area contributed by atoms with E-state index in [-0.39, 0.29) is 5.76 Å². The van der Waals surface area contributed by atoms with Gasteiger partial charge < -0.3 is 13.9 Å². The second kappa shape index (κ2) is 6.99. The van der Waals surface area contributed by atoms with Crippen LogP contribution < -0.4 is 0 Å². The predicted octanol–water partition coefficient (Wildman–Crippen LogP) is 1.81. The first-order valence-corrected chi connectivity index (χ1v) is 7.99. The molecule has 0 atom stereocenters. The molecule has 1 aliphatic heterocycles. The summed E-state index contributed by atoms with van der Waals surface area (Å²) in [4.78, 5) is 14.1. The van der Waals surface area contributed by atoms with Crippen LogP contribution in [0.15, 0.2) is 15.9 Å². The summed E-state index contributed by atoms with van der Waals surface area (Å²) in [5, 5.41) is 5.91. The Kier molecular flexibility index (Phi) is 4.81. The van der Waals surface area contributed by atoms with Gasteiger partial charge in [-0.1, -0.05) is 4.49 Å². The van der Waals surface area contributed by atoms with Crippen molar-refractivity contribution in [2.75, 3.05) is 32.9 Å². The minimum atomic E-state index is -0.458. The fraction of sp³-hybridized carbons (Fsp3) is 0.500. The molecule has 1 fully saturated rings. The zero-order chi connectivity index (χ0) is 15.4. The van der Waals surface area contributed by atoms with E-state index < -0.39 is 5.97 Å². The third-order valence-corrected chi connectivity index (χ3v) is 3.90. The minimum absolute atomic E-state index is 0.202. The summed E-state index contributed by atoms with van der Waals surface area (Å²) < 4.78 is 20.0. The number of carbonyl (C=O) groups is 1. The average Bonchev–Trinajstić information content (AvgIpc) is 3.17. The molecule has 1 saturated heterocycles. The molecule has 7 nitrogen and oxygen atoms in total. The van der Waals surface area contributed by atoms with Gasteiger partial charge in [0.15, 0.2) is 0 Å². The van der Waals surface area contributed by atoms with Gasteiger partial charge in [0.2, 0.25) is 5.76 Å². The quantitative estimate of drug-likeness (QED) is 0.776. The van der Waals surface area contributed by atoms with Crippen LogP contribution in [-0.4, -0.2) is 53.4 Å². The van der Waals surface area contributed by atoms with E-state index in [0.717, 1.165) is 18.7 Å². The molecule has 1 aliphatic rings.